The minimum absolute atomic E-state index is 0.0189. The second-order valence-electron chi connectivity index (χ2n) is 6.39. The van der Waals surface area contributed by atoms with Crippen LogP contribution in [0.4, 0.5) is 11.4 Å². The number of carbonyl (C=O) groups is 4. The molecule has 3 rings (SSSR count). The van der Waals surface area contributed by atoms with Gasteiger partial charge in [-0.25, -0.2) is 9.69 Å². The molecule has 10 heteroatoms. The number of rotatable bonds is 7. The maximum Gasteiger partial charge on any atom is 0.328 e. The predicted molar refractivity (Wildman–Crippen MR) is 117 cm³/mol. The fraction of sp³-hybridized carbons (Fsp3) is 0.143. The van der Waals surface area contributed by atoms with Gasteiger partial charge in [-0.15, -0.1) is 11.8 Å². The van der Waals surface area contributed by atoms with Crippen LogP contribution in [0.15, 0.2) is 59.5 Å². The van der Waals surface area contributed by atoms with E-state index in [1.54, 1.807) is 36.4 Å². The first-order valence-electron chi connectivity index (χ1n) is 8.97. The molecule has 1 aliphatic rings. The van der Waals surface area contributed by atoms with E-state index in [0.29, 0.717) is 22.0 Å². The van der Waals surface area contributed by atoms with Crippen LogP contribution in [0.25, 0.3) is 0 Å². The van der Waals surface area contributed by atoms with Crippen LogP contribution in [0.5, 0.6) is 5.75 Å². The number of hydrogen-bond donors (Lipinski definition) is 2. The molecule has 0 aromatic heterocycles. The Balaban J connectivity index is 1.72. The van der Waals surface area contributed by atoms with E-state index >= 15 is 0 Å². The molecule has 1 fully saturated rings. The van der Waals surface area contributed by atoms with Crippen LogP contribution in [0.1, 0.15) is 6.42 Å². The number of benzene rings is 2. The summed E-state index contributed by atoms with van der Waals surface area (Å²) in [6.45, 7) is 0. The Morgan fingerprint density at radius 2 is 2.00 bits per heavy atom. The summed E-state index contributed by atoms with van der Waals surface area (Å²) < 4.78 is 5.09. The van der Waals surface area contributed by atoms with E-state index in [9.17, 15) is 19.2 Å². The largest absolute Gasteiger partial charge is 0.495 e. The van der Waals surface area contributed by atoms with Gasteiger partial charge in [0.1, 0.15) is 5.75 Å². The maximum absolute atomic E-state index is 12.9. The monoisotopic (exact) mass is 460 g/mol. The third kappa shape index (κ3) is 5.44. The zero-order chi connectivity index (χ0) is 22.5. The lowest BCUT2D eigenvalue weighted by Crippen LogP contribution is -2.31. The highest BCUT2D eigenvalue weighted by Gasteiger charge is 2.40. The SMILES string of the molecule is COc1ccc(N2C(=O)CC(Sc3cccc(NC(=O)C=CC(=O)O)c3)C2=O)cc1Cl. The van der Waals surface area contributed by atoms with Crippen LogP contribution in [0.2, 0.25) is 5.02 Å². The maximum atomic E-state index is 12.9. The fourth-order valence-electron chi connectivity index (χ4n) is 2.90. The molecule has 0 aliphatic carbocycles. The number of aliphatic carboxylic acids is 1. The molecule has 160 valence electrons. The standard InChI is InChI=1S/C21H17ClN2O6S/c1-30-16-6-5-13(10-15(16)22)24-19(26)11-17(21(24)29)31-14-4-2-3-12(9-14)23-18(25)7-8-20(27)28/h2-10,17H,11H2,1H3,(H,23,25)(H,27,28). The predicted octanol–water partition coefficient (Wildman–Crippen LogP) is 3.35. The van der Waals surface area contributed by atoms with Crippen molar-refractivity contribution in [3.63, 3.8) is 0 Å². The summed E-state index contributed by atoms with van der Waals surface area (Å²) in [5, 5.41) is 10.8. The van der Waals surface area contributed by atoms with Crippen LogP contribution >= 0.6 is 23.4 Å². The lowest BCUT2D eigenvalue weighted by molar-refractivity contribution is -0.131. The van der Waals surface area contributed by atoms with Crippen LogP contribution in [-0.4, -0.2) is 41.2 Å². The molecule has 2 aromatic rings. The van der Waals surface area contributed by atoms with E-state index in [-0.39, 0.29) is 23.3 Å². The van der Waals surface area contributed by atoms with Crippen molar-refractivity contribution in [1.82, 2.24) is 0 Å². The van der Waals surface area contributed by atoms with Crippen LogP contribution in [0, 0.1) is 0 Å². The van der Waals surface area contributed by atoms with Gasteiger partial charge in [-0.1, -0.05) is 17.7 Å². The first kappa shape index (κ1) is 22.4. The zero-order valence-corrected chi connectivity index (χ0v) is 17.8. The summed E-state index contributed by atoms with van der Waals surface area (Å²) in [5.74, 6) is -2.10. The Labute approximate surface area is 186 Å². The molecule has 1 atom stereocenters. The summed E-state index contributed by atoms with van der Waals surface area (Å²) in [4.78, 5) is 49.4. The highest BCUT2D eigenvalue weighted by molar-refractivity contribution is 8.00. The van der Waals surface area contributed by atoms with Crippen LogP contribution in [0.3, 0.4) is 0 Å². The van der Waals surface area contributed by atoms with Gasteiger partial charge in [0.05, 0.1) is 23.1 Å². The number of anilines is 2. The first-order valence-corrected chi connectivity index (χ1v) is 10.2. The summed E-state index contributed by atoms with van der Waals surface area (Å²) in [5.41, 5.74) is 0.802. The molecule has 1 unspecified atom stereocenters. The third-order valence-corrected chi connectivity index (χ3v) is 5.73. The normalized spacial score (nSPS) is 16.1. The Morgan fingerprint density at radius 3 is 2.68 bits per heavy atom. The number of nitrogens with one attached hydrogen (secondary N) is 1. The number of hydrogen-bond acceptors (Lipinski definition) is 6. The smallest absolute Gasteiger partial charge is 0.328 e. The molecule has 0 bridgehead atoms. The summed E-state index contributed by atoms with van der Waals surface area (Å²) in [7, 11) is 1.47. The van der Waals surface area contributed by atoms with E-state index in [1.165, 1.54) is 24.9 Å². The van der Waals surface area contributed by atoms with E-state index in [1.807, 2.05) is 0 Å². The number of imide groups is 1. The van der Waals surface area contributed by atoms with Gasteiger partial charge in [-0.2, -0.15) is 0 Å². The number of carboxylic acids is 1. The van der Waals surface area contributed by atoms with Crippen molar-refractivity contribution in [1.29, 1.82) is 0 Å². The Hall–Kier alpha value is -3.30. The molecule has 0 saturated carbocycles. The van der Waals surface area contributed by atoms with Crippen molar-refractivity contribution in [3.8, 4) is 5.75 Å². The molecular weight excluding hydrogens is 444 g/mol. The molecule has 0 spiro atoms. The number of nitrogens with zero attached hydrogens (tertiary/aromatic N) is 1. The molecule has 1 heterocycles. The average Bonchev–Trinajstić information content (AvgIpc) is 2.99. The number of halogens is 1. The highest BCUT2D eigenvalue weighted by Crippen LogP contribution is 2.37. The molecule has 31 heavy (non-hydrogen) atoms. The quantitative estimate of drug-likeness (QED) is 0.481. The lowest BCUT2D eigenvalue weighted by atomic mass is 10.3. The minimum Gasteiger partial charge on any atom is -0.495 e. The van der Waals surface area contributed by atoms with Crippen LogP contribution < -0.4 is 15.0 Å². The van der Waals surface area contributed by atoms with Crippen molar-refractivity contribution in [3.05, 3.63) is 59.6 Å². The van der Waals surface area contributed by atoms with Gasteiger partial charge in [0, 0.05) is 29.2 Å². The van der Waals surface area contributed by atoms with Crippen molar-refractivity contribution < 1.29 is 29.0 Å². The number of amides is 3. The van der Waals surface area contributed by atoms with Crippen molar-refractivity contribution in [2.75, 3.05) is 17.3 Å². The second kappa shape index (κ2) is 9.67. The second-order valence-corrected chi connectivity index (χ2v) is 8.07. The van der Waals surface area contributed by atoms with Gasteiger partial charge in [0.2, 0.25) is 17.7 Å². The molecule has 0 radical (unpaired) electrons. The number of ether oxygens (including phenoxy) is 1. The van der Waals surface area contributed by atoms with Gasteiger partial charge in [-0.3, -0.25) is 14.4 Å². The van der Waals surface area contributed by atoms with E-state index in [4.69, 9.17) is 21.4 Å². The van der Waals surface area contributed by atoms with Gasteiger partial charge in [-0.05, 0) is 36.4 Å². The summed E-state index contributed by atoms with van der Waals surface area (Å²) in [6.07, 6.45) is 1.65. The molecule has 3 amide bonds. The molecule has 1 saturated heterocycles. The van der Waals surface area contributed by atoms with Crippen molar-refractivity contribution in [2.45, 2.75) is 16.6 Å². The Bertz CT molecular complexity index is 1090. The number of methoxy groups -OCH3 is 1. The van der Waals surface area contributed by atoms with Crippen molar-refractivity contribution in [2.24, 2.45) is 0 Å². The van der Waals surface area contributed by atoms with E-state index in [0.717, 1.165) is 17.1 Å². The molecule has 8 nitrogen and oxygen atoms in total. The van der Waals surface area contributed by atoms with Gasteiger partial charge in [0.25, 0.3) is 0 Å². The summed E-state index contributed by atoms with van der Waals surface area (Å²) >= 11 is 7.32. The molecule has 1 aliphatic heterocycles. The number of thioether (sulfide) groups is 1. The van der Waals surface area contributed by atoms with Gasteiger partial charge < -0.3 is 15.2 Å². The first-order chi connectivity index (χ1) is 14.8. The van der Waals surface area contributed by atoms with E-state index in [2.05, 4.69) is 5.32 Å². The summed E-state index contributed by atoms with van der Waals surface area (Å²) in [6, 6.07) is 11.4. The van der Waals surface area contributed by atoms with Gasteiger partial charge in [0.15, 0.2) is 0 Å². The Morgan fingerprint density at radius 1 is 1.23 bits per heavy atom. The molecule has 2 N–H and O–H groups in total. The van der Waals surface area contributed by atoms with Gasteiger partial charge >= 0.3 is 5.97 Å². The number of carboxylic acid groups (broad SMARTS) is 1. The minimum atomic E-state index is -1.23. The van der Waals surface area contributed by atoms with Crippen molar-refractivity contribution >= 4 is 58.4 Å². The van der Waals surface area contributed by atoms with E-state index < -0.39 is 17.1 Å². The van der Waals surface area contributed by atoms with Crippen LogP contribution in [-0.2, 0) is 19.2 Å². The molecule has 2 aromatic carbocycles. The third-order valence-electron chi connectivity index (χ3n) is 4.26. The lowest BCUT2D eigenvalue weighted by Gasteiger charge is -2.16. The topological polar surface area (TPSA) is 113 Å². The Kier molecular flexibility index (Phi) is 6.98. The zero-order valence-electron chi connectivity index (χ0n) is 16.2. The number of carbonyl (C=O) groups excluding carboxylic acids is 3. The fourth-order valence-corrected chi connectivity index (χ4v) is 4.27. The molecular formula is C21H17ClN2O6S. The average molecular weight is 461 g/mol. The highest BCUT2D eigenvalue weighted by atomic mass is 35.5.